The van der Waals surface area contributed by atoms with Gasteiger partial charge in [-0.25, -0.2) is 0 Å². The van der Waals surface area contributed by atoms with Gasteiger partial charge in [-0.2, -0.15) is 0 Å². The second-order valence-electron chi connectivity index (χ2n) is 6.66. The van der Waals surface area contributed by atoms with E-state index >= 15 is 0 Å². The third-order valence-electron chi connectivity index (χ3n) is 4.57. The van der Waals surface area contributed by atoms with E-state index in [2.05, 4.69) is 31.4 Å². The Labute approximate surface area is 137 Å². The van der Waals surface area contributed by atoms with Crippen LogP contribution in [0.1, 0.15) is 66.2 Å². The fraction of sp³-hybridized carbons (Fsp3) is 0.944. The highest BCUT2D eigenvalue weighted by molar-refractivity contribution is 5.80. The zero-order valence-electron chi connectivity index (χ0n) is 15.2. The van der Waals surface area contributed by atoms with E-state index in [9.17, 15) is 0 Å². The van der Waals surface area contributed by atoms with Crippen molar-refractivity contribution in [2.45, 2.75) is 72.3 Å². The second kappa shape index (κ2) is 11.8. The highest BCUT2D eigenvalue weighted by atomic mass is 16.5. The lowest BCUT2D eigenvalue weighted by molar-refractivity contribution is 0.144. The van der Waals surface area contributed by atoms with E-state index < -0.39 is 0 Å². The molecule has 1 aliphatic carbocycles. The molecule has 4 heteroatoms. The molecule has 22 heavy (non-hydrogen) atoms. The smallest absolute Gasteiger partial charge is 0.191 e. The van der Waals surface area contributed by atoms with Gasteiger partial charge in [-0.15, -0.1) is 0 Å². The average molecular weight is 312 g/mol. The number of hydrogen-bond acceptors (Lipinski definition) is 2. The molecule has 0 spiro atoms. The van der Waals surface area contributed by atoms with Gasteiger partial charge in [-0.3, -0.25) is 4.99 Å². The van der Waals surface area contributed by atoms with Gasteiger partial charge < -0.3 is 15.4 Å². The van der Waals surface area contributed by atoms with Crippen LogP contribution in [0.25, 0.3) is 0 Å². The summed E-state index contributed by atoms with van der Waals surface area (Å²) in [5.41, 5.74) is 0. The first-order valence-corrected chi connectivity index (χ1v) is 9.29. The van der Waals surface area contributed by atoms with Crippen molar-refractivity contribution >= 4 is 5.96 Å². The molecule has 0 amide bonds. The Kier molecular flexibility index (Phi) is 10.3. The van der Waals surface area contributed by atoms with E-state index in [1.807, 2.05) is 6.92 Å². The van der Waals surface area contributed by atoms with Crippen LogP contribution in [-0.2, 0) is 4.74 Å². The molecule has 1 fully saturated rings. The molecule has 0 saturated heterocycles. The van der Waals surface area contributed by atoms with Crippen molar-refractivity contribution in [1.82, 2.24) is 10.6 Å². The molecule has 1 saturated carbocycles. The molecule has 0 heterocycles. The first kappa shape index (κ1) is 19.3. The fourth-order valence-electron chi connectivity index (χ4n) is 3.09. The summed E-state index contributed by atoms with van der Waals surface area (Å²) < 4.78 is 5.36. The maximum atomic E-state index is 5.36. The molecule has 0 aliphatic heterocycles. The van der Waals surface area contributed by atoms with E-state index in [1.54, 1.807) is 0 Å². The number of aliphatic imine (C=N–C) groups is 1. The molecule has 0 aromatic rings. The lowest BCUT2D eigenvalue weighted by atomic mass is 9.80. The highest BCUT2D eigenvalue weighted by Crippen LogP contribution is 2.29. The lowest BCUT2D eigenvalue weighted by Gasteiger charge is -2.32. The predicted octanol–water partition coefficient (Wildman–Crippen LogP) is 3.57. The topological polar surface area (TPSA) is 45.7 Å². The molecule has 0 atom stereocenters. The molecule has 130 valence electrons. The van der Waals surface area contributed by atoms with Crippen molar-refractivity contribution in [2.75, 3.05) is 26.3 Å². The van der Waals surface area contributed by atoms with Gasteiger partial charge in [-0.05, 0) is 64.2 Å². The molecule has 2 N–H and O–H groups in total. The summed E-state index contributed by atoms with van der Waals surface area (Å²) >= 11 is 0. The standard InChI is InChI=1S/C18H37N3O/c1-5-19-18(20-13-7-8-14-22-6-2)21-17-11-9-16(10-12-17)15(3)4/h15-17H,5-14H2,1-4H3,(H2,19,20,21). The van der Waals surface area contributed by atoms with Crippen LogP contribution in [0, 0.1) is 11.8 Å². The number of rotatable bonds is 9. The van der Waals surface area contributed by atoms with Gasteiger partial charge in [0.1, 0.15) is 0 Å². The van der Waals surface area contributed by atoms with Crippen LogP contribution >= 0.6 is 0 Å². The van der Waals surface area contributed by atoms with E-state index in [0.717, 1.165) is 56.9 Å². The largest absolute Gasteiger partial charge is 0.382 e. The summed E-state index contributed by atoms with van der Waals surface area (Å²) in [5, 5.41) is 7.00. The minimum atomic E-state index is 0.594. The third kappa shape index (κ3) is 8.02. The molecule has 4 nitrogen and oxygen atoms in total. The SMILES string of the molecule is CCNC(=NCCCCOCC)NC1CCC(C(C)C)CC1. The molecular weight excluding hydrogens is 274 g/mol. The Bertz CT molecular complexity index is 297. The van der Waals surface area contributed by atoms with Crippen LogP contribution in [0.4, 0.5) is 0 Å². The normalized spacial score (nSPS) is 22.9. The predicted molar refractivity (Wildman–Crippen MR) is 95.4 cm³/mol. The zero-order chi connectivity index (χ0) is 16.2. The van der Waals surface area contributed by atoms with Gasteiger partial charge in [0.25, 0.3) is 0 Å². The summed E-state index contributed by atoms with van der Waals surface area (Å²) in [6.45, 7) is 12.3. The Balaban J connectivity index is 2.28. The Morgan fingerprint density at radius 1 is 1.14 bits per heavy atom. The number of hydrogen-bond donors (Lipinski definition) is 2. The minimum Gasteiger partial charge on any atom is -0.382 e. The first-order chi connectivity index (χ1) is 10.7. The molecule has 0 aromatic carbocycles. The molecule has 0 aromatic heterocycles. The number of guanidine groups is 1. The summed E-state index contributed by atoms with van der Waals surface area (Å²) in [6, 6.07) is 0.594. The summed E-state index contributed by atoms with van der Waals surface area (Å²) in [6.07, 6.45) is 7.44. The average Bonchev–Trinajstić information content (AvgIpc) is 2.51. The highest BCUT2D eigenvalue weighted by Gasteiger charge is 2.23. The van der Waals surface area contributed by atoms with Gasteiger partial charge in [0, 0.05) is 32.3 Å². The molecule has 0 bridgehead atoms. The summed E-state index contributed by atoms with van der Waals surface area (Å²) in [5.74, 6) is 2.73. The molecular formula is C18H37N3O. The van der Waals surface area contributed by atoms with Crippen molar-refractivity contribution in [2.24, 2.45) is 16.8 Å². The van der Waals surface area contributed by atoms with Crippen LogP contribution in [0.5, 0.6) is 0 Å². The van der Waals surface area contributed by atoms with E-state index in [0.29, 0.717) is 6.04 Å². The summed E-state index contributed by atoms with van der Waals surface area (Å²) in [7, 11) is 0. The van der Waals surface area contributed by atoms with Crippen LogP contribution in [0.2, 0.25) is 0 Å². The number of ether oxygens (including phenoxy) is 1. The molecule has 0 radical (unpaired) electrons. The maximum Gasteiger partial charge on any atom is 0.191 e. The lowest BCUT2D eigenvalue weighted by Crippen LogP contribution is -2.45. The Morgan fingerprint density at radius 2 is 1.86 bits per heavy atom. The fourth-order valence-corrected chi connectivity index (χ4v) is 3.09. The van der Waals surface area contributed by atoms with Crippen LogP contribution in [-0.4, -0.2) is 38.3 Å². The van der Waals surface area contributed by atoms with Crippen molar-refractivity contribution in [3.63, 3.8) is 0 Å². The third-order valence-corrected chi connectivity index (χ3v) is 4.57. The quantitative estimate of drug-likeness (QED) is 0.389. The zero-order valence-corrected chi connectivity index (χ0v) is 15.2. The second-order valence-corrected chi connectivity index (χ2v) is 6.66. The van der Waals surface area contributed by atoms with Crippen LogP contribution in [0.15, 0.2) is 4.99 Å². The minimum absolute atomic E-state index is 0.594. The number of nitrogens with one attached hydrogen (secondary N) is 2. The maximum absolute atomic E-state index is 5.36. The number of unbranched alkanes of at least 4 members (excludes halogenated alkanes) is 1. The van der Waals surface area contributed by atoms with Crippen molar-refractivity contribution in [1.29, 1.82) is 0 Å². The monoisotopic (exact) mass is 311 g/mol. The number of nitrogens with zero attached hydrogens (tertiary/aromatic N) is 1. The van der Waals surface area contributed by atoms with E-state index in [1.165, 1.54) is 25.7 Å². The Hall–Kier alpha value is -0.770. The molecule has 1 aliphatic rings. The van der Waals surface area contributed by atoms with Gasteiger partial charge in [0.05, 0.1) is 0 Å². The molecule has 0 unspecified atom stereocenters. The van der Waals surface area contributed by atoms with E-state index in [-0.39, 0.29) is 0 Å². The van der Waals surface area contributed by atoms with Gasteiger partial charge in [0.2, 0.25) is 0 Å². The molecule has 1 rings (SSSR count). The van der Waals surface area contributed by atoms with Crippen LogP contribution < -0.4 is 10.6 Å². The van der Waals surface area contributed by atoms with Gasteiger partial charge in [0.15, 0.2) is 5.96 Å². The van der Waals surface area contributed by atoms with Gasteiger partial charge >= 0.3 is 0 Å². The van der Waals surface area contributed by atoms with Crippen molar-refractivity contribution < 1.29 is 4.74 Å². The van der Waals surface area contributed by atoms with Crippen molar-refractivity contribution in [3.8, 4) is 0 Å². The summed E-state index contributed by atoms with van der Waals surface area (Å²) in [4.78, 5) is 4.70. The first-order valence-electron chi connectivity index (χ1n) is 9.29. The van der Waals surface area contributed by atoms with E-state index in [4.69, 9.17) is 9.73 Å². The van der Waals surface area contributed by atoms with Crippen LogP contribution in [0.3, 0.4) is 0 Å². The van der Waals surface area contributed by atoms with Crippen molar-refractivity contribution in [3.05, 3.63) is 0 Å². The Morgan fingerprint density at radius 3 is 2.45 bits per heavy atom. The van der Waals surface area contributed by atoms with Gasteiger partial charge in [-0.1, -0.05) is 13.8 Å².